The van der Waals surface area contributed by atoms with E-state index in [-0.39, 0.29) is 5.75 Å². The van der Waals surface area contributed by atoms with Crippen LogP contribution in [0, 0.1) is 0 Å². The van der Waals surface area contributed by atoms with E-state index in [0.29, 0.717) is 11.4 Å². The first-order valence-corrected chi connectivity index (χ1v) is 5.42. The second-order valence-corrected chi connectivity index (χ2v) is 4.10. The number of aromatic hydroxyl groups is 1. The Morgan fingerprint density at radius 2 is 2.29 bits per heavy atom. The van der Waals surface area contributed by atoms with E-state index >= 15 is 0 Å². The van der Waals surface area contributed by atoms with Crippen molar-refractivity contribution < 1.29 is 9.90 Å². The van der Waals surface area contributed by atoms with Crippen molar-refractivity contribution in [3.63, 3.8) is 0 Å². The van der Waals surface area contributed by atoms with Crippen molar-refractivity contribution in [2.24, 2.45) is 0 Å². The van der Waals surface area contributed by atoms with E-state index in [1.165, 1.54) is 11.3 Å². The number of rotatable bonds is 2. The van der Waals surface area contributed by atoms with Gasteiger partial charge in [-0.2, -0.15) is 0 Å². The first kappa shape index (κ1) is 9.49. The third-order valence-electron chi connectivity index (χ3n) is 2.04. The van der Waals surface area contributed by atoms with Gasteiger partial charge >= 0.3 is 0 Å². The van der Waals surface area contributed by atoms with Gasteiger partial charge in [-0.25, -0.2) is 0 Å². The summed E-state index contributed by atoms with van der Waals surface area (Å²) in [6.45, 7) is 0. The molecular weight excluding hydrogens is 220 g/mol. The van der Waals surface area contributed by atoms with Crippen LogP contribution in [0.5, 0.6) is 5.75 Å². The molecule has 0 radical (unpaired) electrons. The van der Waals surface area contributed by atoms with Gasteiger partial charge in [-0.1, -0.05) is 0 Å². The molecule has 4 heteroatoms. The number of halogens is 1. The molecule has 2 rings (SSSR count). The molecule has 0 aliphatic carbocycles. The van der Waals surface area contributed by atoms with Crippen LogP contribution in [0.3, 0.4) is 0 Å². The van der Waals surface area contributed by atoms with Crippen LogP contribution in [0.2, 0.25) is 0 Å². The molecule has 1 aromatic heterocycles. The lowest BCUT2D eigenvalue weighted by Gasteiger charge is -2.00. The molecule has 0 aliphatic rings. The summed E-state index contributed by atoms with van der Waals surface area (Å²) in [5, 5.41) is 12.0. The number of phenolic OH excluding ortho intramolecular Hbond substituents is 1. The molecule has 0 amide bonds. The molecule has 2 aromatic rings. The fourth-order valence-electron chi connectivity index (χ4n) is 1.46. The van der Waals surface area contributed by atoms with Crippen LogP contribution < -0.4 is 0 Å². The molecule has 0 saturated carbocycles. The van der Waals surface area contributed by atoms with Crippen LogP contribution in [-0.4, -0.2) is 11.4 Å². The van der Waals surface area contributed by atoms with Gasteiger partial charge in [0, 0.05) is 26.9 Å². The summed E-state index contributed by atoms with van der Waals surface area (Å²) >= 11 is 7.17. The minimum absolute atomic E-state index is 0.187. The molecule has 1 aromatic carbocycles. The van der Waals surface area contributed by atoms with E-state index < -0.39 is 0 Å². The molecule has 0 spiro atoms. The molecule has 2 nitrogen and oxygen atoms in total. The summed E-state index contributed by atoms with van der Waals surface area (Å²) in [4.78, 5) is 10.7. The second kappa shape index (κ2) is 3.59. The Hall–Kier alpha value is -1.06. The van der Waals surface area contributed by atoms with Crippen LogP contribution in [0.15, 0.2) is 17.5 Å². The van der Waals surface area contributed by atoms with E-state index in [4.69, 9.17) is 11.6 Å². The van der Waals surface area contributed by atoms with Gasteiger partial charge in [0.25, 0.3) is 0 Å². The maximum atomic E-state index is 10.7. The SMILES string of the molecule is O=Cc1csc2cc(O)cc(CCl)c12. The fourth-order valence-corrected chi connectivity index (χ4v) is 2.65. The Morgan fingerprint density at radius 3 is 2.93 bits per heavy atom. The van der Waals surface area contributed by atoms with Crippen LogP contribution in [0.1, 0.15) is 15.9 Å². The van der Waals surface area contributed by atoms with Gasteiger partial charge < -0.3 is 5.11 Å². The largest absolute Gasteiger partial charge is 0.508 e. The standard InChI is InChI=1S/C10H7ClO2S/c11-3-6-1-8(13)2-9-10(6)7(4-12)5-14-9/h1-2,4-5,13H,3H2. The molecule has 14 heavy (non-hydrogen) atoms. The number of hydrogen-bond donors (Lipinski definition) is 1. The zero-order valence-electron chi connectivity index (χ0n) is 7.16. The van der Waals surface area contributed by atoms with Crippen molar-refractivity contribution in [3.05, 3.63) is 28.6 Å². The number of hydrogen-bond acceptors (Lipinski definition) is 3. The lowest BCUT2D eigenvalue weighted by atomic mass is 10.1. The molecule has 0 atom stereocenters. The smallest absolute Gasteiger partial charge is 0.151 e. The number of fused-ring (bicyclic) bond motifs is 1. The number of carbonyl (C=O) groups is 1. The predicted octanol–water partition coefficient (Wildman–Crippen LogP) is 3.16. The Labute approximate surface area is 89.7 Å². The summed E-state index contributed by atoms with van der Waals surface area (Å²) in [7, 11) is 0. The quantitative estimate of drug-likeness (QED) is 0.631. The van der Waals surface area contributed by atoms with Crippen molar-refractivity contribution in [1.29, 1.82) is 0 Å². The van der Waals surface area contributed by atoms with Crippen molar-refractivity contribution in [2.75, 3.05) is 0 Å². The highest BCUT2D eigenvalue weighted by atomic mass is 35.5. The molecule has 72 valence electrons. The van der Waals surface area contributed by atoms with Gasteiger partial charge in [-0.05, 0) is 17.7 Å². The summed E-state index contributed by atoms with van der Waals surface area (Å²) in [5.74, 6) is 0.482. The molecule has 1 heterocycles. The van der Waals surface area contributed by atoms with Gasteiger partial charge in [0.05, 0.1) is 0 Å². The normalized spacial score (nSPS) is 10.6. The van der Waals surface area contributed by atoms with Crippen molar-refractivity contribution in [2.45, 2.75) is 5.88 Å². The maximum absolute atomic E-state index is 10.7. The molecular formula is C10H7ClO2S. The number of benzene rings is 1. The van der Waals surface area contributed by atoms with Gasteiger partial charge in [-0.3, -0.25) is 4.79 Å². The minimum Gasteiger partial charge on any atom is -0.508 e. The highest BCUT2D eigenvalue weighted by molar-refractivity contribution is 7.17. The van der Waals surface area contributed by atoms with E-state index in [9.17, 15) is 9.90 Å². The number of alkyl halides is 1. The summed E-state index contributed by atoms with van der Waals surface area (Å²) in [6.07, 6.45) is 0.811. The zero-order chi connectivity index (χ0) is 10.1. The Balaban J connectivity index is 2.85. The van der Waals surface area contributed by atoms with Gasteiger partial charge in [0.1, 0.15) is 5.75 Å². The second-order valence-electron chi connectivity index (χ2n) is 2.92. The van der Waals surface area contributed by atoms with E-state index in [2.05, 4.69) is 0 Å². The molecule has 1 N–H and O–H groups in total. The van der Waals surface area contributed by atoms with E-state index in [1.54, 1.807) is 17.5 Å². The molecule has 0 bridgehead atoms. The molecule has 0 aliphatic heterocycles. The highest BCUT2D eigenvalue weighted by Gasteiger charge is 2.09. The third-order valence-corrected chi connectivity index (χ3v) is 3.28. The number of thiophene rings is 1. The molecule has 0 fully saturated rings. The Bertz CT molecular complexity index is 490. The number of phenols is 1. The van der Waals surface area contributed by atoms with Crippen LogP contribution in [0.25, 0.3) is 10.1 Å². The first-order valence-electron chi connectivity index (χ1n) is 4.00. The zero-order valence-corrected chi connectivity index (χ0v) is 8.73. The van der Waals surface area contributed by atoms with Crippen molar-refractivity contribution in [1.82, 2.24) is 0 Å². The summed E-state index contributed by atoms with van der Waals surface area (Å²) < 4.78 is 0.891. The van der Waals surface area contributed by atoms with E-state index in [0.717, 1.165) is 21.9 Å². The first-order chi connectivity index (χ1) is 6.76. The van der Waals surface area contributed by atoms with E-state index in [1.807, 2.05) is 0 Å². The number of aldehydes is 1. The van der Waals surface area contributed by atoms with Crippen LogP contribution in [-0.2, 0) is 5.88 Å². The maximum Gasteiger partial charge on any atom is 0.151 e. The van der Waals surface area contributed by atoms with Crippen LogP contribution >= 0.6 is 22.9 Å². The molecule has 0 unspecified atom stereocenters. The summed E-state index contributed by atoms with van der Waals surface area (Å²) in [5.41, 5.74) is 1.44. The van der Waals surface area contributed by atoms with Gasteiger partial charge in [-0.15, -0.1) is 22.9 Å². The average molecular weight is 227 g/mol. The topological polar surface area (TPSA) is 37.3 Å². The number of carbonyl (C=O) groups excluding carboxylic acids is 1. The van der Waals surface area contributed by atoms with Crippen LogP contribution in [0.4, 0.5) is 0 Å². The van der Waals surface area contributed by atoms with Crippen molar-refractivity contribution >= 4 is 39.3 Å². The Kier molecular flexibility index (Phi) is 2.44. The predicted molar refractivity (Wildman–Crippen MR) is 58.4 cm³/mol. The minimum atomic E-state index is 0.187. The lowest BCUT2D eigenvalue weighted by molar-refractivity contribution is 0.112. The summed E-state index contributed by atoms with van der Waals surface area (Å²) in [6, 6.07) is 3.23. The molecule has 0 saturated heterocycles. The van der Waals surface area contributed by atoms with Crippen molar-refractivity contribution in [3.8, 4) is 5.75 Å². The fraction of sp³-hybridized carbons (Fsp3) is 0.100. The van der Waals surface area contributed by atoms with Gasteiger partial charge in [0.2, 0.25) is 0 Å². The average Bonchev–Trinajstić information content (AvgIpc) is 2.59. The monoisotopic (exact) mass is 226 g/mol. The van der Waals surface area contributed by atoms with Gasteiger partial charge in [0.15, 0.2) is 6.29 Å². The Morgan fingerprint density at radius 1 is 1.50 bits per heavy atom. The lowest BCUT2D eigenvalue weighted by Crippen LogP contribution is -1.83. The highest BCUT2D eigenvalue weighted by Crippen LogP contribution is 2.32. The third kappa shape index (κ3) is 1.38.